The van der Waals surface area contributed by atoms with E-state index >= 15 is 0 Å². The van der Waals surface area contributed by atoms with Gasteiger partial charge in [-0.1, -0.05) is 24.6 Å². The summed E-state index contributed by atoms with van der Waals surface area (Å²) < 4.78 is 15.2. The maximum absolute atomic E-state index is 13.0. The molecule has 0 bridgehead atoms. The average Bonchev–Trinajstić information content (AvgIpc) is 2.81. The van der Waals surface area contributed by atoms with Crippen LogP contribution in [0, 0.1) is 5.82 Å². The van der Waals surface area contributed by atoms with Gasteiger partial charge >= 0.3 is 0 Å². The zero-order valence-electron chi connectivity index (χ0n) is 11.2. The second-order valence-electron chi connectivity index (χ2n) is 4.58. The molecular formula is C15H18ClFN2. The fourth-order valence-corrected chi connectivity index (χ4v) is 2.44. The largest absolute Gasteiger partial charge is 0.346 e. The van der Waals surface area contributed by atoms with Gasteiger partial charge in [-0.05, 0) is 43.3 Å². The minimum absolute atomic E-state index is 0.277. The summed E-state index contributed by atoms with van der Waals surface area (Å²) in [6.45, 7) is 5.78. The molecule has 0 radical (unpaired) electrons. The van der Waals surface area contributed by atoms with Crippen LogP contribution in [0.2, 0.25) is 5.02 Å². The van der Waals surface area contributed by atoms with Crippen molar-refractivity contribution in [2.45, 2.75) is 26.4 Å². The van der Waals surface area contributed by atoms with Gasteiger partial charge in [0.15, 0.2) is 0 Å². The SMILES string of the molecule is CCNC(C)c1cccn1Cc1ccc(F)cc1Cl. The fourth-order valence-electron chi connectivity index (χ4n) is 2.21. The van der Waals surface area contributed by atoms with Crippen LogP contribution in [0.3, 0.4) is 0 Å². The Bertz CT molecular complexity index is 551. The van der Waals surface area contributed by atoms with Crippen LogP contribution < -0.4 is 5.32 Å². The lowest BCUT2D eigenvalue weighted by molar-refractivity contribution is 0.553. The molecule has 1 unspecified atom stereocenters. The molecule has 1 atom stereocenters. The minimum atomic E-state index is -0.303. The number of hydrogen-bond acceptors (Lipinski definition) is 1. The number of nitrogens with zero attached hydrogens (tertiary/aromatic N) is 1. The van der Waals surface area contributed by atoms with Gasteiger partial charge in [-0.3, -0.25) is 0 Å². The Hall–Kier alpha value is -1.32. The third-order valence-electron chi connectivity index (χ3n) is 3.17. The van der Waals surface area contributed by atoms with Gasteiger partial charge in [-0.25, -0.2) is 4.39 Å². The summed E-state index contributed by atoms with van der Waals surface area (Å²) in [5, 5.41) is 3.85. The van der Waals surface area contributed by atoms with Gasteiger partial charge in [0.2, 0.25) is 0 Å². The van der Waals surface area contributed by atoms with E-state index in [9.17, 15) is 4.39 Å². The molecular weight excluding hydrogens is 263 g/mol. The highest BCUT2D eigenvalue weighted by Gasteiger charge is 2.10. The summed E-state index contributed by atoms with van der Waals surface area (Å²) in [6, 6.07) is 8.91. The molecule has 1 heterocycles. The molecule has 0 fully saturated rings. The molecule has 0 spiro atoms. The minimum Gasteiger partial charge on any atom is -0.346 e. The zero-order valence-corrected chi connectivity index (χ0v) is 11.9. The van der Waals surface area contributed by atoms with Crippen molar-refractivity contribution in [3.05, 3.63) is 58.6 Å². The summed E-state index contributed by atoms with van der Waals surface area (Å²) >= 11 is 6.07. The smallest absolute Gasteiger partial charge is 0.124 e. The molecule has 0 aliphatic carbocycles. The number of aromatic nitrogens is 1. The molecule has 19 heavy (non-hydrogen) atoms. The Kier molecular flexibility index (Phi) is 4.61. The monoisotopic (exact) mass is 280 g/mol. The van der Waals surface area contributed by atoms with E-state index in [1.54, 1.807) is 6.07 Å². The lowest BCUT2D eigenvalue weighted by Crippen LogP contribution is -2.20. The van der Waals surface area contributed by atoms with Crippen molar-refractivity contribution in [2.75, 3.05) is 6.54 Å². The Balaban J connectivity index is 2.21. The van der Waals surface area contributed by atoms with Crippen molar-refractivity contribution < 1.29 is 4.39 Å². The van der Waals surface area contributed by atoms with Gasteiger partial charge < -0.3 is 9.88 Å². The highest BCUT2D eigenvalue weighted by Crippen LogP contribution is 2.21. The van der Waals surface area contributed by atoms with E-state index in [-0.39, 0.29) is 11.9 Å². The van der Waals surface area contributed by atoms with Crippen LogP contribution in [0.1, 0.15) is 31.1 Å². The maximum atomic E-state index is 13.0. The van der Waals surface area contributed by atoms with Crippen molar-refractivity contribution >= 4 is 11.6 Å². The van der Waals surface area contributed by atoms with Gasteiger partial charge in [-0.2, -0.15) is 0 Å². The summed E-state index contributed by atoms with van der Waals surface area (Å²) in [5.41, 5.74) is 2.12. The predicted octanol–water partition coefficient (Wildman–Crippen LogP) is 4.00. The third-order valence-corrected chi connectivity index (χ3v) is 3.53. The van der Waals surface area contributed by atoms with Gasteiger partial charge in [0.25, 0.3) is 0 Å². The summed E-state index contributed by atoms with van der Waals surface area (Å²) in [7, 11) is 0. The number of hydrogen-bond donors (Lipinski definition) is 1. The van der Waals surface area contributed by atoms with Crippen LogP contribution in [0.5, 0.6) is 0 Å². The van der Waals surface area contributed by atoms with Crippen molar-refractivity contribution in [3.63, 3.8) is 0 Å². The van der Waals surface area contributed by atoms with Gasteiger partial charge in [0.05, 0.1) is 0 Å². The first-order chi connectivity index (χ1) is 9.11. The molecule has 2 aromatic rings. The molecule has 1 N–H and O–H groups in total. The molecule has 0 saturated heterocycles. The number of benzene rings is 1. The summed E-state index contributed by atoms with van der Waals surface area (Å²) in [4.78, 5) is 0. The van der Waals surface area contributed by atoms with Crippen LogP contribution in [0.25, 0.3) is 0 Å². The highest BCUT2D eigenvalue weighted by molar-refractivity contribution is 6.31. The topological polar surface area (TPSA) is 17.0 Å². The standard InChI is InChI=1S/C15H18ClFN2/c1-3-18-11(2)15-5-4-8-19(15)10-12-6-7-13(17)9-14(12)16/h4-9,11,18H,3,10H2,1-2H3. The lowest BCUT2D eigenvalue weighted by Gasteiger charge is -2.17. The van der Waals surface area contributed by atoms with E-state index in [0.29, 0.717) is 11.6 Å². The predicted molar refractivity (Wildman–Crippen MR) is 77.0 cm³/mol. The molecule has 0 aliphatic rings. The Labute approximate surface area is 118 Å². The molecule has 102 valence electrons. The Morgan fingerprint density at radius 3 is 2.84 bits per heavy atom. The van der Waals surface area contributed by atoms with Crippen molar-refractivity contribution in [3.8, 4) is 0 Å². The second kappa shape index (κ2) is 6.22. The van der Waals surface area contributed by atoms with Crippen LogP contribution in [-0.2, 0) is 6.54 Å². The van der Waals surface area contributed by atoms with Crippen molar-refractivity contribution in [1.82, 2.24) is 9.88 Å². The second-order valence-corrected chi connectivity index (χ2v) is 4.98. The quantitative estimate of drug-likeness (QED) is 0.876. The van der Waals surface area contributed by atoms with E-state index in [1.807, 2.05) is 12.3 Å². The molecule has 0 amide bonds. The first kappa shape index (κ1) is 14.1. The van der Waals surface area contributed by atoms with Crippen molar-refractivity contribution in [1.29, 1.82) is 0 Å². The first-order valence-electron chi connectivity index (χ1n) is 6.44. The van der Waals surface area contributed by atoms with Crippen molar-refractivity contribution in [2.24, 2.45) is 0 Å². The Morgan fingerprint density at radius 2 is 2.16 bits per heavy atom. The first-order valence-corrected chi connectivity index (χ1v) is 6.82. The number of halogens is 2. The number of rotatable bonds is 5. The van der Waals surface area contributed by atoms with Gasteiger partial charge in [0.1, 0.15) is 5.82 Å². The van der Waals surface area contributed by atoms with Crippen LogP contribution in [-0.4, -0.2) is 11.1 Å². The maximum Gasteiger partial charge on any atom is 0.124 e. The zero-order chi connectivity index (χ0) is 13.8. The van der Waals surface area contributed by atoms with Crippen LogP contribution in [0.4, 0.5) is 4.39 Å². The molecule has 2 nitrogen and oxygen atoms in total. The van der Waals surface area contributed by atoms with E-state index in [2.05, 4.69) is 29.8 Å². The summed E-state index contributed by atoms with van der Waals surface area (Å²) in [6.07, 6.45) is 2.02. The van der Waals surface area contributed by atoms with E-state index in [1.165, 1.54) is 17.8 Å². The normalized spacial score (nSPS) is 12.6. The molecule has 1 aromatic heterocycles. The van der Waals surface area contributed by atoms with Crippen LogP contribution >= 0.6 is 11.6 Å². The highest BCUT2D eigenvalue weighted by atomic mass is 35.5. The van der Waals surface area contributed by atoms with Gasteiger partial charge in [-0.15, -0.1) is 0 Å². The molecule has 2 rings (SSSR count). The lowest BCUT2D eigenvalue weighted by atomic mass is 10.2. The van der Waals surface area contributed by atoms with E-state index < -0.39 is 0 Å². The van der Waals surface area contributed by atoms with Gasteiger partial charge in [0, 0.05) is 29.5 Å². The van der Waals surface area contributed by atoms with E-state index in [0.717, 1.165) is 12.1 Å². The number of nitrogens with one attached hydrogen (secondary N) is 1. The molecule has 0 aliphatic heterocycles. The Morgan fingerprint density at radius 1 is 1.37 bits per heavy atom. The molecule has 4 heteroatoms. The van der Waals surface area contributed by atoms with Crippen LogP contribution in [0.15, 0.2) is 36.5 Å². The molecule has 1 aromatic carbocycles. The third kappa shape index (κ3) is 3.37. The molecule has 0 saturated carbocycles. The summed E-state index contributed by atoms with van der Waals surface area (Å²) in [5.74, 6) is -0.303. The average molecular weight is 281 g/mol. The van der Waals surface area contributed by atoms with E-state index in [4.69, 9.17) is 11.6 Å². The fraction of sp³-hybridized carbons (Fsp3) is 0.333.